The molecule has 1 aromatic carbocycles. The number of carbonyl (C=O) groups is 1. The van der Waals surface area contributed by atoms with Crippen molar-refractivity contribution >= 4 is 5.97 Å². The second kappa shape index (κ2) is 6.44. The Morgan fingerprint density at radius 2 is 1.96 bits per heavy atom. The highest BCUT2D eigenvalue weighted by Crippen LogP contribution is 2.25. The molecule has 2 heterocycles. The second-order valence-electron chi connectivity index (χ2n) is 5.51. The molecule has 0 aliphatic carbocycles. The van der Waals surface area contributed by atoms with Crippen LogP contribution in [0.15, 0.2) is 61.2 Å². The van der Waals surface area contributed by atoms with Crippen molar-refractivity contribution in [2.24, 2.45) is 0 Å². The van der Waals surface area contributed by atoms with Crippen LogP contribution in [0.1, 0.15) is 24.8 Å². The summed E-state index contributed by atoms with van der Waals surface area (Å²) < 4.78 is 1.81. The molecule has 0 radical (unpaired) electrons. The van der Waals surface area contributed by atoms with Crippen LogP contribution in [0.5, 0.6) is 0 Å². The third kappa shape index (κ3) is 3.45. The predicted molar refractivity (Wildman–Crippen MR) is 87.5 cm³/mol. The molecule has 0 aliphatic rings. The Balaban J connectivity index is 1.88. The molecule has 0 bridgehead atoms. The van der Waals surface area contributed by atoms with Crippen LogP contribution in [0.3, 0.4) is 0 Å². The minimum atomic E-state index is -0.806. The topological polar surface area (TPSA) is 68.0 Å². The summed E-state index contributed by atoms with van der Waals surface area (Å²) in [5.41, 5.74) is 3.78. The molecule has 2 aromatic heterocycles. The molecule has 0 spiro atoms. The van der Waals surface area contributed by atoms with Crippen LogP contribution in [0.4, 0.5) is 0 Å². The van der Waals surface area contributed by atoms with Gasteiger partial charge in [0, 0.05) is 29.7 Å². The number of para-hydroxylation sites is 1. The average Bonchev–Trinajstić information content (AvgIpc) is 3.05. The van der Waals surface area contributed by atoms with Crippen LogP contribution in [-0.2, 0) is 4.79 Å². The minimum absolute atomic E-state index is 0.0795. The van der Waals surface area contributed by atoms with Gasteiger partial charge in [-0.25, -0.2) is 4.68 Å². The number of hydrogen-bond donors (Lipinski definition) is 1. The summed E-state index contributed by atoms with van der Waals surface area (Å²) in [7, 11) is 0. The third-order valence-corrected chi connectivity index (χ3v) is 3.75. The van der Waals surface area contributed by atoms with E-state index >= 15 is 0 Å². The number of aliphatic carboxylic acids is 1. The maximum absolute atomic E-state index is 10.9. The third-order valence-electron chi connectivity index (χ3n) is 3.75. The second-order valence-corrected chi connectivity index (χ2v) is 5.51. The number of pyridine rings is 1. The summed E-state index contributed by atoms with van der Waals surface area (Å²) in [6.07, 6.45) is 7.31. The van der Waals surface area contributed by atoms with Gasteiger partial charge in [-0.1, -0.05) is 25.1 Å². The fourth-order valence-corrected chi connectivity index (χ4v) is 2.46. The van der Waals surface area contributed by atoms with Crippen molar-refractivity contribution < 1.29 is 9.90 Å². The van der Waals surface area contributed by atoms with Crippen LogP contribution >= 0.6 is 0 Å². The molecular formula is C18H17N3O2. The van der Waals surface area contributed by atoms with Gasteiger partial charge in [-0.3, -0.25) is 9.78 Å². The van der Waals surface area contributed by atoms with Crippen molar-refractivity contribution in [2.75, 3.05) is 0 Å². The lowest BCUT2D eigenvalue weighted by Crippen LogP contribution is -2.03. The van der Waals surface area contributed by atoms with E-state index in [0.717, 1.165) is 22.4 Å². The summed E-state index contributed by atoms with van der Waals surface area (Å²) in [5, 5.41) is 13.3. The van der Waals surface area contributed by atoms with E-state index in [1.165, 1.54) is 0 Å². The summed E-state index contributed by atoms with van der Waals surface area (Å²) in [4.78, 5) is 15.1. The highest BCUT2D eigenvalue weighted by Gasteiger charge is 2.12. The molecular weight excluding hydrogens is 290 g/mol. The lowest BCUT2D eigenvalue weighted by Gasteiger charge is -2.09. The van der Waals surface area contributed by atoms with Crippen LogP contribution in [0.25, 0.3) is 16.8 Å². The first-order valence-electron chi connectivity index (χ1n) is 7.40. The Morgan fingerprint density at radius 3 is 2.70 bits per heavy atom. The zero-order chi connectivity index (χ0) is 16.2. The summed E-state index contributed by atoms with van der Waals surface area (Å²) in [5.74, 6) is -0.885. The van der Waals surface area contributed by atoms with Crippen LogP contribution in [0, 0.1) is 0 Å². The molecule has 1 unspecified atom stereocenters. The molecule has 3 rings (SSSR count). The SMILES string of the molecule is CC(CC(=O)O)c1cncc(-c2cnn(-c3ccccc3)c2)c1. The molecule has 0 fully saturated rings. The minimum Gasteiger partial charge on any atom is -0.481 e. The fourth-order valence-electron chi connectivity index (χ4n) is 2.46. The van der Waals surface area contributed by atoms with Crippen LogP contribution in [0.2, 0.25) is 0 Å². The van der Waals surface area contributed by atoms with E-state index in [1.54, 1.807) is 18.6 Å². The van der Waals surface area contributed by atoms with Gasteiger partial charge in [0.05, 0.1) is 18.3 Å². The average molecular weight is 307 g/mol. The zero-order valence-electron chi connectivity index (χ0n) is 12.8. The van der Waals surface area contributed by atoms with Gasteiger partial charge in [0.1, 0.15) is 0 Å². The van der Waals surface area contributed by atoms with E-state index in [-0.39, 0.29) is 12.3 Å². The molecule has 0 saturated heterocycles. The van der Waals surface area contributed by atoms with E-state index in [1.807, 2.05) is 54.2 Å². The van der Waals surface area contributed by atoms with Gasteiger partial charge in [0.15, 0.2) is 0 Å². The predicted octanol–water partition coefficient (Wildman–Crippen LogP) is 3.51. The van der Waals surface area contributed by atoms with Gasteiger partial charge in [-0.05, 0) is 29.7 Å². The number of carboxylic acid groups (broad SMARTS) is 1. The summed E-state index contributed by atoms with van der Waals surface area (Å²) in [6, 6.07) is 11.8. The lowest BCUT2D eigenvalue weighted by molar-refractivity contribution is -0.137. The first-order chi connectivity index (χ1) is 11.1. The maximum atomic E-state index is 10.9. The molecule has 0 amide bonds. The van der Waals surface area contributed by atoms with E-state index in [9.17, 15) is 4.79 Å². The number of carboxylic acids is 1. The monoisotopic (exact) mass is 307 g/mol. The van der Waals surface area contributed by atoms with Crippen LogP contribution < -0.4 is 0 Å². The normalized spacial score (nSPS) is 12.0. The van der Waals surface area contributed by atoms with Crippen molar-refractivity contribution in [3.63, 3.8) is 0 Å². The van der Waals surface area contributed by atoms with Gasteiger partial charge in [0.25, 0.3) is 0 Å². The number of nitrogens with zero attached hydrogens (tertiary/aromatic N) is 3. The number of aromatic nitrogens is 3. The number of benzene rings is 1. The zero-order valence-corrected chi connectivity index (χ0v) is 12.8. The van der Waals surface area contributed by atoms with E-state index in [4.69, 9.17) is 5.11 Å². The lowest BCUT2D eigenvalue weighted by atomic mass is 9.97. The van der Waals surface area contributed by atoms with Crippen molar-refractivity contribution in [1.29, 1.82) is 0 Å². The molecule has 0 aliphatic heterocycles. The van der Waals surface area contributed by atoms with Crippen molar-refractivity contribution in [3.05, 3.63) is 66.7 Å². The standard InChI is InChI=1S/C18H17N3O2/c1-13(7-18(22)23)14-8-15(10-19-9-14)16-11-20-21(12-16)17-5-3-2-4-6-17/h2-6,8-13H,7H2,1H3,(H,22,23). The Kier molecular flexibility index (Phi) is 4.19. The number of rotatable bonds is 5. The first kappa shape index (κ1) is 15.0. The molecule has 23 heavy (non-hydrogen) atoms. The van der Waals surface area contributed by atoms with Gasteiger partial charge in [-0.15, -0.1) is 0 Å². The fraction of sp³-hybridized carbons (Fsp3) is 0.167. The highest BCUT2D eigenvalue weighted by atomic mass is 16.4. The highest BCUT2D eigenvalue weighted by molar-refractivity contribution is 5.68. The Bertz CT molecular complexity index is 812. The summed E-state index contributed by atoms with van der Waals surface area (Å²) in [6.45, 7) is 1.89. The molecule has 1 N–H and O–H groups in total. The Hall–Kier alpha value is -2.95. The van der Waals surface area contributed by atoms with Crippen molar-refractivity contribution in [3.8, 4) is 16.8 Å². The number of hydrogen-bond acceptors (Lipinski definition) is 3. The summed E-state index contributed by atoms with van der Waals surface area (Å²) >= 11 is 0. The van der Waals surface area contributed by atoms with E-state index in [2.05, 4.69) is 10.1 Å². The molecule has 3 aromatic rings. The largest absolute Gasteiger partial charge is 0.481 e. The van der Waals surface area contributed by atoms with Gasteiger partial charge in [0.2, 0.25) is 0 Å². The molecule has 116 valence electrons. The molecule has 5 heteroatoms. The Labute approximate surface area is 134 Å². The van der Waals surface area contributed by atoms with Crippen molar-refractivity contribution in [1.82, 2.24) is 14.8 Å². The molecule has 1 atom stereocenters. The molecule has 5 nitrogen and oxygen atoms in total. The van der Waals surface area contributed by atoms with E-state index < -0.39 is 5.97 Å². The van der Waals surface area contributed by atoms with Gasteiger partial charge in [-0.2, -0.15) is 5.10 Å². The smallest absolute Gasteiger partial charge is 0.303 e. The van der Waals surface area contributed by atoms with E-state index in [0.29, 0.717) is 0 Å². The molecule has 0 saturated carbocycles. The van der Waals surface area contributed by atoms with Gasteiger partial charge >= 0.3 is 5.97 Å². The first-order valence-corrected chi connectivity index (χ1v) is 7.40. The Morgan fingerprint density at radius 1 is 1.17 bits per heavy atom. The van der Waals surface area contributed by atoms with Crippen molar-refractivity contribution in [2.45, 2.75) is 19.3 Å². The van der Waals surface area contributed by atoms with Crippen LogP contribution in [-0.4, -0.2) is 25.8 Å². The van der Waals surface area contributed by atoms with Gasteiger partial charge < -0.3 is 5.11 Å². The quantitative estimate of drug-likeness (QED) is 0.783. The maximum Gasteiger partial charge on any atom is 0.303 e.